The Hall–Kier alpha value is 0.110. The summed E-state index contributed by atoms with van der Waals surface area (Å²) in [6.45, 7) is 2.48. The Morgan fingerprint density at radius 3 is 3.07 bits per heavy atom. The van der Waals surface area contributed by atoms with E-state index in [0.717, 1.165) is 18.6 Å². The van der Waals surface area contributed by atoms with E-state index in [2.05, 4.69) is 5.32 Å². The molecule has 0 saturated carbocycles. The Kier molecular flexibility index (Phi) is 5.71. The zero-order valence-electron chi connectivity index (χ0n) is 8.59. The molecule has 1 rings (SSSR count). The molecule has 1 N–H and O–H groups in total. The molecule has 0 spiro atoms. The normalized spacial score (nSPS) is 25.1. The highest BCUT2D eigenvalue weighted by molar-refractivity contribution is 7.99. The van der Waals surface area contributed by atoms with Crippen molar-refractivity contribution in [3.8, 4) is 0 Å². The van der Waals surface area contributed by atoms with Gasteiger partial charge in [0.1, 0.15) is 0 Å². The molecule has 0 aromatic rings. The van der Waals surface area contributed by atoms with Crippen LogP contribution in [0, 0.1) is 5.92 Å². The molecule has 2 atom stereocenters. The first kappa shape index (κ1) is 12.2. The van der Waals surface area contributed by atoms with E-state index in [1.807, 2.05) is 18.7 Å². The van der Waals surface area contributed by atoms with E-state index in [4.69, 9.17) is 11.6 Å². The molecular formula is C10H18ClNOS. The van der Waals surface area contributed by atoms with Crippen molar-refractivity contribution < 1.29 is 4.79 Å². The minimum absolute atomic E-state index is 0.0269. The van der Waals surface area contributed by atoms with Crippen molar-refractivity contribution in [2.24, 2.45) is 5.92 Å². The lowest BCUT2D eigenvalue weighted by Gasteiger charge is -2.14. The van der Waals surface area contributed by atoms with Gasteiger partial charge in [0.15, 0.2) is 0 Å². The number of halogens is 1. The number of thioether (sulfide) groups is 1. The van der Waals surface area contributed by atoms with Crippen molar-refractivity contribution in [2.75, 3.05) is 18.1 Å². The number of amides is 1. The first-order valence-corrected chi connectivity index (χ1v) is 6.79. The number of carbonyl (C=O) groups is 1. The third-order valence-electron chi connectivity index (χ3n) is 2.38. The van der Waals surface area contributed by atoms with Crippen LogP contribution in [0.15, 0.2) is 0 Å². The third-order valence-corrected chi connectivity index (χ3v) is 3.64. The molecule has 0 bridgehead atoms. The molecule has 2 unspecified atom stereocenters. The van der Waals surface area contributed by atoms with Gasteiger partial charge < -0.3 is 5.32 Å². The highest BCUT2D eigenvalue weighted by Gasteiger charge is 2.19. The van der Waals surface area contributed by atoms with Gasteiger partial charge in [-0.3, -0.25) is 4.79 Å². The summed E-state index contributed by atoms with van der Waals surface area (Å²) >= 11 is 7.73. The lowest BCUT2D eigenvalue weighted by atomic mass is 10.00. The van der Waals surface area contributed by atoms with Crippen molar-refractivity contribution in [3.63, 3.8) is 0 Å². The summed E-state index contributed by atoms with van der Waals surface area (Å²) < 4.78 is 0. The standard InChI is InChI=1S/C10H18ClNOS/c1-8(11)7-12-10(13)9-3-2-5-14-6-4-9/h8-9H,2-7H2,1H3,(H,12,13). The maximum atomic E-state index is 11.7. The van der Waals surface area contributed by atoms with E-state index >= 15 is 0 Å². The van der Waals surface area contributed by atoms with E-state index in [1.54, 1.807) is 0 Å². The van der Waals surface area contributed by atoms with E-state index in [-0.39, 0.29) is 17.2 Å². The van der Waals surface area contributed by atoms with Gasteiger partial charge in [0, 0.05) is 17.8 Å². The molecule has 1 amide bonds. The van der Waals surface area contributed by atoms with Crippen molar-refractivity contribution in [1.82, 2.24) is 5.32 Å². The molecule has 1 saturated heterocycles. The van der Waals surface area contributed by atoms with E-state index in [9.17, 15) is 4.79 Å². The van der Waals surface area contributed by atoms with Crippen LogP contribution in [0.4, 0.5) is 0 Å². The Morgan fingerprint density at radius 2 is 2.36 bits per heavy atom. The fraction of sp³-hybridized carbons (Fsp3) is 0.900. The molecule has 14 heavy (non-hydrogen) atoms. The Morgan fingerprint density at radius 1 is 1.57 bits per heavy atom. The smallest absolute Gasteiger partial charge is 0.223 e. The first-order chi connectivity index (χ1) is 6.70. The maximum Gasteiger partial charge on any atom is 0.223 e. The van der Waals surface area contributed by atoms with Gasteiger partial charge in [0.2, 0.25) is 5.91 Å². The lowest BCUT2D eigenvalue weighted by Crippen LogP contribution is -2.34. The van der Waals surface area contributed by atoms with Crippen molar-refractivity contribution in [2.45, 2.75) is 31.6 Å². The van der Waals surface area contributed by atoms with Crippen LogP contribution in [0.1, 0.15) is 26.2 Å². The molecule has 0 radical (unpaired) electrons. The molecule has 4 heteroatoms. The summed E-state index contributed by atoms with van der Waals surface area (Å²) in [5.41, 5.74) is 0. The molecule has 1 heterocycles. The third kappa shape index (κ3) is 4.56. The zero-order valence-corrected chi connectivity index (χ0v) is 10.2. The second-order valence-electron chi connectivity index (χ2n) is 3.77. The van der Waals surface area contributed by atoms with Gasteiger partial charge in [-0.1, -0.05) is 0 Å². The fourth-order valence-corrected chi connectivity index (χ4v) is 2.65. The highest BCUT2D eigenvalue weighted by Crippen LogP contribution is 2.22. The highest BCUT2D eigenvalue weighted by atomic mass is 35.5. The second-order valence-corrected chi connectivity index (χ2v) is 5.74. The molecule has 82 valence electrons. The maximum absolute atomic E-state index is 11.7. The van der Waals surface area contributed by atoms with Gasteiger partial charge in [0.05, 0.1) is 0 Å². The monoisotopic (exact) mass is 235 g/mol. The summed E-state index contributed by atoms with van der Waals surface area (Å²) in [6, 6.07) is 0. The Bertz CT molecular complexity index is 179. The summed E-state index contributed by atoms with van der Waals surface area (Å²) in [4.78, 5) is 11.7. The van der Waals surface area contributed by atoms with Gasteiger partial charge in [-0.15, -0.1) is 11.6 Å². The average molecular weight is 236 g/mol. The van der Waals surface area contributed by atoms with Crippen LogP contribution in [-0.2, 0) is 4.79 Å². The first-order valence-electron chi connectivity index (χ1n) is 5.19. The Balaban J connectivity index is 2.27. The van der Waals surface area contributed by atoms with Gasteiger partial charge in [0.25, 0.3) is 0 Å². The topological polar surface area (TPSA) is 29.1 Å². The fourth-order valence-electron chi connectivity index (χ4n) is 1.55. The lowest BCUT2D eigenvalue weighted by molar-refractivity contribution is -0.125. The van der Waals surface area contributed by atoms with E-state index < -0.39 is 0 Å². The quantitative estimate of drug-likeness (QED) is 0.761. The number of nitrogens with one attached hydrogen (secondary N) is 1. The molecule has 2 nitrogen and oxygen atoms in total. The summed E-state index contributed by atoms with van der Waals surface area (Å²) in [5, 5.41) is 2.93. The van der Waals surface area contributed by atoms with Crippen LogP contribution in [0.3, 0.4) is 0 Å². The molecular weight excluding hydrogens is 218 g/mol. The van der Waals surface area contributed by atoms with Gasteiger partial charge >= 0.3 is 0 Å². The largest absolute Gasteiger partial charge is 0.354 e. The predicted octanol–water partition coefficient (Wildman–Crippen LogP) is 2.26. The van der Waals surface area contributed by atoms with Crippen molar-refractivity contribution >= 4 is 29.3 Å². The van der Waals surface area contributed by atoms with Crippen LogP contribution in [0.5, 0.6) is 0 Å². The Labute approximate surface area is 95.2 Å². The molecule has 0 aromatic carbocycles. The molecule has 1 fully saturated rings. The number of rotatable bonds is 3. The summed E-state index contributed by atoms with van der Waals surface area (Å²) in [5.74, 6) is 2.74. The van der Waals surface area contributed by atoms with Crippen LogP contribution >= 0.6 is 23.4 Å². The van der Waals surface area contributed by atoms with E-state index in [0.29, 0.717) is 6.54 Å². The second kappa shape index (κ2) is 6.57. The van der Waals surface area contributed by atoms with Gasteiger partial charge in [-0.2, -0.15) is 11.8 Å². The summed E-state index contributed by atoms with van der Waals surface area (Å²) in [6.07, 6.45) is 3.22. The van der Waals surface area contributed by atoms with Crippen LogP contribution in [0.2, 0.25) is 0 Å². The van der Waals surface area contributed by atoms with E-state index in [1.165, 1.54) is 12.2 Å². The minimum Gasteiger partial charge on any atom is -0.354 e. The van der Waals surface area contributed by atoms with Gasteiger partial charge in [-0.05, 0) is 37.7 Å². The number of hydrogen-bond donors (Lipinski definition) is 1. The minimum atomic E-state index is 0.0269. The van der Waals surface area contributed by atoms with Crippen LogP contribution in [-0.4, -0.2) is 29.3 Å². The van der Waals surface area contributed by atoms with Crippen LogP contribution in [0.25, 0.3) is 0 Å². The molecule has 0 aliphatic carbocycles. The van der Waals surface area contributed by atoms with Crippen LogP contribution < -0.4 is 5.32 Å². The molecule has 1 aliphatic heterocycles. The zero-order chi connectivity index (χ0) is 10.4. The number of hydrogen-bond acceptors (Lipinski definition) is 2. The number of carbonyl (C=O) groups excluding carboxylic acids is 1. The molecule has 0 aromatic heterocycles. The summed E-state index contributed by atoms with van der Waals surface area (Å²) in [7, 11) is 0. The van der Waals surface area contributed by atoms with Crippen molar-refractivity contribution in [3.05, 3.63) is 0 Å². The van der Waals surface area contributed by atoms with Crippen molar-refractivity contribution in [1.29, 1.82) is 0 Å². The molecule has 1 aliphatic rings. The van der Waals surface area contributed by atoms with Gasteiger partial charge in [-0.25, -0.2) is 0 Å². The SMILES string of the molecule is CC(Cl)CNC(=O)C1CCCSCC1. The predicted molar refractivity (Wildman–Crippen MR) is 63.0 cm³/mol. The average Bonchev–Trinajstić information content (AvgIpc) is 2.42. The number of alkyl halides is 1.